The van der Waals surface area contributed by atoms with E-state index in [0.717, 1.165) is 48.8 Å². The average molecular weight is 292 g/mol. The van der Waals surface area contributed by atoms with Crippen LogP contribution in [0.15, 0.2) is 12.1 Å². The summed E-state index contributed by atoms with van der Waals surface area (Å²) in [5.74, 6) is 2.44. The highest BCUT2D eigenvalue weighted by atomic mass is 16.7. The molecule has 5 nitrogen and oxygen atoms in total. The first-order valence-electron chi connectivity index (χ1n) is 7.84. The van der Waals surface area contributed by atoms with Crippen molar-refractivity contribution in [3.63, 3.8) is 0 Å². The maximum absolute atomic E-state index is 5.96. The van der Waals surface area contributed by atoms with E-state index in [9.17, 15) is 0 Å². The van der Waals surface area contributed by atoms with Crippen molar-refractivity contribution in [2.75, 3.05) is 39.6 Å². The Hall–Kier alpha value is -1.46. The molecule has 5 heteroatoms. The van der Waals surface area contributed by atoms with Gasteiger partial charge < -0.3 is 24.8 Å². The molecule has 116 valence electrons. The number of rotatable bonds is 7. The maximum Gasteiger partial charge on any atom is 0.231 e. The minimum Gasteiger partial charge on any atom is -0.493 e. The third-order valence-corrected chi connectivity index (χ3v) is 4.04. The van der Waals surface area contributed by atoms with Crippen LogP contribution in [0.4, 0.5) is 0 Å². The van der Waals surface area contributed by atoms with E-state index in [1.807, 2.05) is 12.1 Å². The summed E-state index contributed by atoms with van der Waals surface area (Å²) in [6, 6.07) is 3.92. The second-order valence-corrected chi connectivity index (χ2v) is 5.60. The lowest BCUT2D eigenvalue weighted by Gasteiger charge is -2.16. The number of hydrogen-bond donors (Lipinski definition) is 1. The predicted molar refractivity (Wildman–Crippen MR) is 81.1 cm³/mol. The van der Waals surface area contributed by atoms with Crippen LogP contribution in [0.1, 0.15) is 24.8 Å². The Balaban J connectivity index is 1.55. The number of likely N-dealkylation sites (tertiary alicyclic amines) is 1. The second kappa shape index (κ2) is 7.00. The summed E-state index contributed by atoms with van der Waals surface area (Å²) in [6.07, 6.45) is 4.52. The minimum absolute atomic E-state index is 0.288. The van der Waals surface area contributed by atoms with Crippen LogP contribution < -0.4 is 19.9 Å². The molecule has 0 aromatic heterocycles. The third kappa shape index (κ3) is 3.60. The summed E-state index contributed by atoms with van der Waals surface area (Å²) in [5, 5.41) is 0. The van der Waals surface area contributed by atoms with E-state index in [-0.39, 0.29) is 6.79 Å². The van der Waals surface area contributed by atoms with Crippen molar-refractivity contribution in [3.05, 3.63) is 17.7 Å². The molecule has 0 amide bonds. The molecule has 1 fully saturated rings. The topological polar surface area (TPSA) is 57.0 Å². The van der Waals surface area contributed by atoms with E-state index in [1.165, 1.54) is 25.9 Å². The fourth-order valence-electron chi connectivity index (χ4n) is 2.93. The second-order valence-electron chi connectivity index (χ2n) is 5.60. The summed E-state index contributed by atoms with van der Waals surface area (Å²) < 4.78 is 16.8. The van der Waals surface area contributed by atoms with Crippen molar-refractivity contribution >= 4 is 0 Å². The Labute approximate surface area is 126 Å². The smallest absolute Gasteiger partial charge is 0.231 e. The molecule has 3 rings (SSSR count). The highest BCUT2D eigenvalue weighted by molar-refractivity contribution is 5.52. The fourth-order valence-corrected chi connectivity index (χ4v) is 2.93. The van der Waals surface area contributed by atoms with Gasteiger partial charge >= 0.3 is 0 Å². The van der Waals surface area contributed by atoms with Gasteiger partial charge in [-0.05, 0) is 56.9 Å². The molecule has 1 aromatic rings. The largest absolute Gasteiger partial charge is 0.493 e. The molecular formula is C16H24N2O3. The van der Waals surface area contributed by atoms with Crippen molar-refractivity contribution in [1.82, 2.24) is 4.90 Å². The normalized spacial score (nSPS) is 17.4. The van der Waals surface area contributed by atoms with Gasteiger partial charge in [0.2, 0.25) is 6.79 Å². The van der Waals surface area contributed by atoms with Crippen molar-refractivity contribution in [1.29, 1.82) is 0 Å². The van der Waals surface area contributed by atoms with E-state index >= 15 is 0 Å². The summed E-state index contributed by atoms with van der Waals surface area (Å²) >= 11 is 0. The zero-order valence-corrected chi connectivity index (χ0v) is 12.5. The molecule has 0 saturated carbocycles. The lowest BCUT2D eigenvalue weighted by Crippen LogP contribution is -2.22. The Bertz CT molecular complexity index is 473. The lowest BCUT2D eigenvalue weighted by atomic mass is 10.1. The zero-order valence-electron chi connectivity index (χ0n) is 12.5. The van der Waals surface area contributed by atoms with Gasteiger partial charge in [0.25, 0.3) is 0 Å². The highest BCUT2D eigenvalue weighted by Gasteiger charge is 2.18. The van der Waals surface area contributed by atoms with E-state index in [1.54, 1.807) is 0 Å². The fraction of sp³-hybridized carbons (Fsp3) is 0.625. The van der Waals surface area contributed by atoms with E-state index in [4.69, 9.17) is 19.9 Å². The Kier molecular flexibility index (Phi) is 4.83. The summed E-state index contributed by atoms with van der Waals surface area (Å²) in [6.45, 7) is 5.22. The van der Waals surface area contributed by atoms with Crippen LogP contribution in [0.25, 0.3) is 0 Å². The molecular weight excluding hydrogens is 268 g/mol. The van der Waals surface area contributed by atoms with E-state index in [0.29, 0.717) is 6.54 Å². The van der Waals surface area contributed by atoms with Gasteiger partial charge in [0.05, 0.1) is 6.61 Å². The molecule has 0 unspecified atom stereocenters. The maximum atomic E-state index is 5.96. The first kappa shape index (κ1) is 14.5. The van der Waals surface area contributed by atoms with Gasteiger partial charge in [0.1, 0.15) is 5.75 Å². The number of nitrogens with zero attached hydrogens (tertiary/aromatic N) is 1. The quantitative estimate of drug-likeness (QED) is 0.776. The number of fused-ring (bicyclic) bond motifs is 1. The third-order valence-electron chi connectivity index (χ3n) is 4.04. The number of ether oxygens (including phenoxy) is 3. The van der Waals surface area contributed by atoms with Crippen LogP contribution in [-0.2, 0) is 6.42 Å². The average Bonchev–Trinajstić information content (AvgIpc) is 3.14. The van der Waals surface area contributed by atoms with Crippen LogP contribution in [0.3, 0.4) is 0 Å². The molecule has 0 aliphatic carbocycles. The Morgan fingerprint density at radius 1 is 1.14 bits per heavy atom. The Morgan fingerprint density at radius 2 is 1.90 bits per heavy atom. The number of hydrogen-bond acceptors (Lipinski definition) is 5. The molecule has 0 spiro atoms. The molecule has 1 saturated heterocycles. The van der Waals surface area contributed by atoms with E-state index in [2.05, 4.69) is 4.90 Å². The molecule has 2 N–H and O–H groups in total. The van der Waals surface area contributed by atoms with Crippen molar-refractivity contribution in [2.24, 2.45) is 5.73 Å². The molecule has 1 aromatic carbocycles. The molecule has 0 radical (unpaired) electrons. The zero-order chi connectivity index (χ0) is 14.5. The van der Waals surface area contributed by atoms with Crippen LogP contribution >= 0.6 is 0 Å². The lowest BCUT2D eigenvalue weighted by molar-refractivity contribution is 0.173. The number of nitrogens with two attached hydrogens (primary N) is 1. The highest BCUT2D eigenvalue weighted by Crippen LogP contribution is 2.38. The van der Waals surface area contributed by atoms with Crippen molar-refractivity contribution in [2.45, 2.75) is 25.7 Å². The first-order valence-corrected chi connectivity index (χ1v) is 7.84. The van der Waals surface area contributed by atoms with E-state index < -0.39 is 0 Å². The molecule has 21 heavy (non-hydrogen) atoms. The van der Waals surface area contributed by atoms with Crippen molar-refractivity contribution in [3.8, 4) is 17.2 Å². The van der Waals surface area contributed by atoms with Crippen molar-refractivity contribution < 1.29 is 14.2 Å². The van der Waals surface area contributed by atoms with Crippen LogP contribution in [-0.4, -0.2) is 44.5 Å². The van der Waals surface area contributed by atoms with Gasteiger partial charge in [-0.15, -0.1) is 0 Å². The summed E-state index contributed by atoms with van der Waals surface area (Å²) in [7, 11) is 0. The SMILES string of the molecule is NCCc1cc2c(cc1OCCCN1CCCC1)OCO2. The molecule has 2 aliphatic heterocycles. The molecule has 2 heterocycles. The van der Waals surface area contributed by atoms with Crippen LogP contribution in [0.2, 0.25) is 0 Å². The first-order chi connectivity index (χ1) is 10.4. The van der Waals surface area contributed by atoms with Gasteiger partial charge in [0.15, 0.2) is 11.5 Å². The summed E-state index contributed by atoms with van der Waals surface area (Å²) in [5.41, 5.74) is 6.78. The number of benzene rings is 1. The molecule has 0 atom stereocenters. The van der Waals surface area contributed by atoms with Gasteiger partial charge in [-0.2, -0.15) is 0 Å². The van der Waals surface area contributed by atoms with Crippen LogP contribution in [0, 0.1) is 0 Å². The minimum atomic E-state index is 0.288. The monoisotopic (exact) mass is 292 g/mol. The summed E-state index contributed by atoms with van der Waals surface area (Å²) in [4.78, 5) is 2.50. The Morgan fingerprint density at radius 3 is 2.67 bits per heavy atom. The van der Waals surface area contributed by atoms with Gasteiger partial charge in [-0.3, -0.25) is 0 Å². The van der Waals surface area contributed by atoms with Gasteiger partial charge in [-0.25, -0.2) is 0 Å². The predicted octanol–water partition coefficient (Wildman–Crippen LogP) is 1.78. The van der Waals surface area contributed by atoms with Gasteiger partial charge in [0, 0.05) is 12.6 Å². The standard InChI is InChI=1S/C16H24N2O3/c17-5-4-13-10-15-16(21-12-20-15)11-14(13)19-9-3-8-18-6-1-2-7-18/h10-11H,1-9,12,17H2. The van der Waals surface area contributed by atoms with Crippen LogP contribution in [0.5, 0.6) is 17.2 Å². The molecule has 0 bridgehead atoms. The molecule has 2 aliphatic rings. The van der Waals surface area contributed by atoms with Gasteiger partial charge in [-0.1, -0.05) is 0 Å².